The molecular weight excluding hydrogens is 435 g/mol. The molecule has 1 atom stereocenters. The number of nitrogens with one attached hydrogen (secondary N) is 2. The molecule has 0 bridgehead atoms. The Labute approximate surface area is 175 Å². The Morgan fingerprint density at radius 1 is 1.19 bits per heavy atom. The van der Waals surface area contributed by atoms with Gasteiger partial charge in [-0.15, -0.1) is 0 Å². The van der Waals surface area contributed by atoms with Crippen molar-refractivity contribution in [2.24, 2.45) is 0 Å². The molecule has 0 spiro atoms. The molecule has 0 aromatic heterocycles. The average molecular weight is 448 g/mol. The lowest BCUT2D eigenvalue weighted by atomic mass is 10.2. The van der Waals surface area contributed by atoms with Gasteiger partial charge in [0.25, 0.3) is 0 Å². The molecule has 0 aliphatic carbocycles. The van der Waals surface area contributed by atoms with Crippen molar-refractivity contribution in [1.82, 2.24) is 5.32 Å². The summed E-state index contributed by atoms with van der Waals surface area (Å²) in [4.78, 5) is 11.5. The molecular formula is C17H13Cl3N2O4S. The molecule has 1 saturated heterocycles. The minimum absolute atomic E-state index is 0.106. The minimum atomic E-state index is -0.510. The van der Waals surface area contributed by atoms with Crippen LogP contribution in [0.5, 0.6) is 17.2 Å². The van der Waals surface area contributed by atoms with Crippen LogP contribution in [0, 0.1) is 0 Å². The molecule has 2 aromatic carbocycles. The number of carbonyl (C=O) groups excluding carboxylic acids is 1. The van der Waals surface area contributed by atoms with Crippen LogP contribution in [0.1, 0.15) is 6.42 Å². The van der Waals surface area contributed by atoms with Crippen LogP contribution in [-0.4, -0.2) is 28.8 Å². The van der Waals surface area contributed by atoms with Gasteiger partial charge < -0.3 is 25.2 Å². The number of halogens is 3. The summed E-state index contributed by atoms with van der Waals surface area (Å²) in [6.45, 7) is 0.346. The van der Waals surface area contributed by atoms with E-state index in [1.165, 1.54) is 18.2 Å². The number of cyclic esters (lactones) is 1. The number of benzene rings is 2. The number of phenols is 1. The summed E-state index contributed by atoms with van der Waals surface area (Å²) in [7, 11) is 0. The molecule has 0 amide bonds. The van der Waals surface area contributed by atoms with Crippen LogP contribution in [0.15, 0.2) is 30.3 Å². The number of thiocarbonyl (C=S) groups is 1. The van der Waals surface area contributed by atoms with E-state index in [4.69, 9.17) is 56.5 Å². The summed E-state index contributed by atoms with van der Waals surface area (Å²) < 4.78 is 10.5. The number of hydrogen-bond donors (Lipinski definition) is 3. The Hall–Kier alpha value is -1.93. The smallest absolute Gasteiger partial charge is 0.328 e. The molecule has 6 nitrogen and oxygen atoms in total. The molecule has 142 valence electrons. The highest BCUT2D eigenvalue weighted by Gasteiger charge is 2.27. The lowest BCUT2D eigenvalue weighted by molar-refractivity contribution is -0.139. The minimum Gasteiger partial charge on any atom is -0.504 e. The second-order valence-electron chi connectivity index (χ2n) is 5.58. The number of hydrogen-bond acceptors (Lipinski definition) is 5. The van der Waals surface area contributed by atoms with E-state index >= 15 is 0 Å². The summed E-state index contributed by atoms with van der Waals surface area (Å²) in [5.41, 5.74) is 0.374. The first kappa shape index (κ1) is 19.8. The van der Waals surface area contributed by atoms with Crippen LogP contribution < -0.4 is 15.4 Å². The summed E-state index contributed by atoms with van der Waals surface area (Å²) >= 11 is 23.3. The fraction of sp³-hybridized carbons (Fsp3) is 0.176. The molecule has 2 aromatic rings. The molecule has 1 fully saturated rings. The van der Waals surface area contributed by atoms with E-state index in [2.05, 4.69) is 10.6 Å². The van der Waals surface area contributed by atoms with E-state index in [0.29, 0.717) is 29.5 Å². The van der Waals surface area contributed by atoms with Crippen LogP contribution in [0.2, 0.25) is 15.1 Å². The SMILES string of the molecule is O=C1OCCC1NC(=S)Nc1cc(Oc2ccc(Cl)cc2Cl)c(O)cc1Cl. The van der Waals surface area contributed by atoms with Crippen LogP contribution in [-0.2, 0) is 9.53 Å². The Balaban J connectivity index is 1.77. The van der Waals surface area contributed by atoms with E-state index in [-0.39, 0.29) is 32.6 Å². The van der Waals surface area contributed by atoms with Gasteiger partial charge >= 0.3 is 5.97 Å². The summed E-state index contributed by atoms with van der Waals surface area (Å²) in [5, 5.41) is 17.0. The number of phenolic OH excluding ortho intramolecular Hbond substituents is 1. The maximum Gasteiger partial charge on any atom is 0.328 e. The van der Waals surface area contributed by atoms with Crippen LogP contribution in [0.25, 0.3) is 0 Å². The summed E-state index contributed by atoms with van der Waals surface area (Å²) in [6.07, 6.45) is 0.521. The first-order chi connectivity index (χ1) is 12.8. The van der Waals surface area contributed by atoms with Crippen molar-refractivity contribution in [2.45, 2.75) is 12.5 Å². The molecule has 10 heteroatoms. The van der Waals surface area contributed by atoms with Gasteiger partial charge in [-0.3, -0.25) is 0 Å². The number of aromatic hydroxyl groups is 1. The zero-order valence-corrected chi connectivity index (χ0v) is 16.7. The molecule has 1 heterocycles. The van der Waals surface area contributed by atoms with E-state index in [9.17, 15) is 9.90 Å². The number of carbonyl (C=O) groups is 1. The average Bonchev–Trinajstić information content (AvgIpc) is 2.99. The third-order valence-electron chi connectivity index (χ3n) is 3.65. The van der Waals surface area contributed by atoms with Gasteiger partial charge in [0.15, 0.2) is 16.6 Å². The first-order valence-electron chi connectivity index (χ1n) is 7.73. The molecule has 1 unspecified atom stereocenters. The summed E-state index contributed by atoms with van der Waals surface area (Å²) in [6, 6.07) is 6.95. The monoisotopic (exact) mass is 446 g/mol. The highest BCUT2D eigenvalue weighted by molar-refractivity contribution is 7.80. The van der Waals surface area contributed by atoms with Crippen LogP contribution in [0.3, 0.4) is 0 Å². The van der Waals surface area contributed by atoms with Gasteiger partial charge in [0.2, 0.25) is 0 Å². The molecule has 3 rings (SSSR count). The zero-order chi connectivity index (χ0) is 19.6. The maximum absolute atomic E-state index is 11.5. The second-order valence-corrected chi connectivity index (χ2v) is 7.24. The van der Waals surface area contributed by atoms with Crippen molar-refractivity contribution < 1.29 is 19.4 Å². The van der Waals surface area contributed by atoms with Gasteiger partial charge in [-0.25, -0.2) is 4.79 Å². The van der Waals surface area contributed by atoms with Gasteiger partial charge in [0.05, 0.1) is 22.3 Å². The normalized spacial score (nSPS) is 16.0. The second kappa shape index (κ2) is 8.39. The van der Waals surface area contributed by atoms with Crippen LogP contribution >= 0.6 is 47.0 Å². The van der Waals surface area contributed by atoms with Crippen molar-refractivity contribution in [2.75, 3.05) is 11.9 Å². The van der Waals surface area contributed by atoms with Gasteiger partial charge in [-0.2, -0.15) is 0 Å². The Morgan fingerprint density at radius 2 is 1.96 bits per heavy atom. The number of rotatable bonds is 4. The van der Waals surface area contributed by atoms with Gasteiger partial charge in [-0.1, -0.05) is 34.8 Å². The quantitative estimate of drug-likeness (QED) is 0.355. The third-order valence-corrected chi connectivity index (χ3v) is 4.71. The number of esters is 1. The largest absolute Gasteiger partial charge is 0.504 e. The summed E-state index contributed by atoms with van der Waals surface area (Å²) in [5.74, 6) is -0.139. The van der Waals surface area contributed by atoms with Crippen molar-refractivity contribution >= 4 is 63.8 Å². The third kappa shape index (κ3) is 4.87. The number of ether oxygens (including phenoxy) is 2. The Bertz CT molecular complexity index is 910. The van der Waals surface area contributed by atoms with Gasteiger partial charge in [-0.05, 0) is 30.4 Å². The van der Waals surface area contributed by atoms with Crippen LogP contribution in [0.4, 0.5) is 5.69 Å². The molecule has 3 N–H and O–H groups in total. The first-order valence-corrected chi connectivity index (χ1v) is 9.27. The Morgan fingerprint density at radius 3 is 2.63 bits per heavy atom. The molecule has 1 aliphatic rings. The predicted octanol–water partition coefficient (Wildman–Crippen LogP) is 4.75. The standard InChI is InChI=1S/C17H13Cl3N2O4S/c18-8-1-2-14(10(20)5-8)26-15-7-12(9(19)6-13(15)23)22-17(27)21-11-3-4-25-16(11)24/h1-2,5-7,11,23H,3-4H2,(H2,21,22,27). The zero-order valence-electron chi connectivity index (χ0n) is 13.6. The van der Waals surface area contributed by atoms with Crippen molar-refractivity contribution in [3.8, 4) is 17.2 Å². The van der Waals surface area contributed by atoms with Gasteiger partial charge in [0, 0.05) is 23.6 Å². The lowest BCUT2D eigenvalue weighted by Gasteiger charge is -2.16. The van der Waals surface area contributed by atoms with E-state index in [1.807, 2.05) is 0 Å². The van der Waals surface area contributed by atoms with Crippen molar-refractivity contribution in [1.29, 1.82) is 0 Å². The predicted molar refractivity (Wildman–Crippen MR) is 108 cm³/mol. The van der Waals surface area contributed by atoms with E-state index in [0.717, 1.165) is 0 Å². The fourth-order valence-electron chi connectivity index (χ4n) is 2.34. The molecule has 0 radical (unpaired) electrons. The highest BCUT2D eigenvalue weighted by atomic mass is 35.5. The van der Waals surface area contributed by atoms with E-state index < -0.39 is 6.04 Å². The van der Waals surface area contributed by atoms with Crippen molar-refractivity contribution in [3.63, 3.8) is 0 Å². The molecule has 0 saturated carbocycles. The maximum atomic E-state index is 11.5. The highest BCUT2D eigenvalue weighted by Crippen LogP contribution is 2.40. The Kier molecular flexibility index (Phi) is 6.16. The van der Waals surface area contributed by atoms with Gasteiger partial charge in [0.1, 0.15) is 11.8 Å². The molecule has 27 heavy (non-hydrogen) atoms. The van der Waals surface area contributed by atoms with Crippen molar-refractivity contribution in [3.05, 3.63) is 45.4 Å². The van der Waals surface area contributed by atoms with E-state index in [1.54, 1.807) is 12.1 Å². The number of anilines is 1. The molecule has 1 aliphatic heterocycles. The topological polar surface area (TPSA) is 79.8 Å². The lowest BCUT2D eigenvalue weighted by Crippen LogP contribution is -2.40. The fourth-order valence-corrected chi connectivity index (χ4v) is 3.24.